The van der Waals surface area contributed by atoms with Crippen LogP contribution in [0.15, 0.2) is 35.2 Å². The van der Waals surface area contributed by atoms with Gasteiger partial charge in [0, 0.05) is 24.7 Å². The van der Waals surface area contributed by atoms with Gasteiger partial charge in [-0.1, -0.05) is 0 Å². The summed E-state index contributed by atoms with van der Waals surface area (Å²) < 4.78 is 34.8. The maximum atomic E-state index is 13.0. The van der Waals surface area contributed by atoms with Crippen LogP contribution in [0.4, 0.5) is 5.82 Å². The highest BCUT2D eigenvalue weighted by Crippen LogP contribution is 2.23. The first kappa shape index (κ1) is 22.5. The molecule has 1 fully saturated rings. The van der Waals surface area contributed by atoms with Crippen molar-refractivity contribution >= 4 is 21.7 Å². The van der Waals surface area contributed by atoms with E-state index in [1.165, 1.54) is 28.6 Å². The summed E-state index contributed by atoms with van der Waals surface area (Å²) in [6.07, 6.45) is -0.325. The SMILES string of the molecule is Cc1cc(NC(=O)c2ccc(S(=O)(=O)N3CC(C)OC(C)C3)cc2)n(C(C)(C)C)n1. The molecule has 1 aliphatic heterocycles. The van der Waals surface area contributed by atoms with Gasteiger partial charge in [-0.05, 0) is 65.8 Å². The minimum absolute atomic E-state index is 0.162. The maximum absolute atomic E-state index is 13.0. The summed E-state index contributed by atoms with van der Waals surface area (Å²) in [6, 6.07) is 7.81. The van der Waals surface area contributed by atoms with E-state index in [0.717, 1.165) is 5.69 Å². The van der Waals surface area contributed by atoms with Crippen LogP contribution >= 0.6 is 0 Å². The van der Waals surface area contributed by atoms with Crippen LogP contribution in [0.25, 0.3) is 0 Å². The number of nitrogens with one attached hydrogen (secondary N) is 1. The van der Waals surface area contributed by atoms with Gasteiger partial charge in [-0.25, -0.2) is 13.1 Å². The number of nitrogens with zero attached hydrogens (tertiary/aromatic N) is 3. The van der Waals surface area contributed by atoms with Crippen molar-refractivity contribution in [1.29, 1.82) is 0 Å². The molecule has 2 atom stereocenters. The topological polar surface area (TPSA) is 93.5 Å². The van der Waals surface area contributed by atoms with Crippen LogP contribution < -0.4 is 5.32 Å². The highest BCUT2D eigenvalue weighted by molar-refractivity contribution is 7.89. The molecule has 8 nitrogen and oxygen atoms in total. The van der Waals surface area contributed by atoms with Gasteiger partial charge in [0.15, 0.2) is 0 Å². The second kappa shape index (κ2) is 8.13. The van der Waals surface area contributed by atoms with E-state index in [-0.39, 0.29) is 28.5 Å². The van der Waals surface area contributed by atoms with Crippen molar-refractivity contribution < 1.29 is 17.9 Å². The lowest BCUT2D eigenvalue weighted by Crippen LogP contribution is -2.48. The fourth-order valence-corrected chi connectivity index (χ4v) is 5.13. The van der Waals surface area contributed by atoms with Crippen LogP contribution in [0.2, 0.25) is 0 Å². The Morgan fingerprint density at radius 1 is 1.13 bits per heavy atom. The fraction of sp³-hybridized carbons (Fsp3) is 0.524. The fourth-order valence-electron chi connectivity index (χ4n) is 3.54. The average Bonchev–Trinajstić information content (AvgIpc) is 3.01. The Labute approximate surface area is 178 Å². The predicted molar refractivity (Wildman–Crippen MR) is 115 cm³/mol. The Kier molecular flexibility index (Phi) is 6.08. The molecular weight excluding hydrogens is 404 g/mol. The lowest BCUT2D eigenvalue weighted by atomic mass is 10.1. The van der Waals surface area contributed by atoms with Gasteiger partial charge < -0.3 is 10.1 Å². The average molecular weight is 435 g/mol. The van der Waals surface area contributed by atoms with Gasteiger partial charge >= 0.3 is 0 Å². The van der Waals surface area contributed by atoms with Crippen LogP contribution in [-0.4, -0.2) is 53.7 Å². The molecule has 1 amide bonds. The standard InChI is InChI=1S/C21H30N4O4S/c1-14-11-19(25(23-14)21(4,5)6)22-20(26)17-7-9-18(10-8-17)30(27,28)24-12-15(2)29-16(3)13-24/h7-11,15-16H,12-13H2,1-6H3,(H,22,26). The Balaban J connectivity index is 1.78. The number of carbonyl (C=O) groups is 1. The van der Waals surface area contributed by atoms with Gasteiger partial charge in [-0.3, -0.25) is 4.79 Å². The second-order valence-electron chi connectivity index (χ2n) is 8.81. The predicted octanol–water partition coefficient (Wildman–Crippen LogP) is 3.00. The summed E-state index contributed by atoms with van der Waals surface area (Å²) in [4.78, 5) is 12.9. The molecule has 1 aromatic heterocycles. The second-order valence-corrected chi connectivity index (χ2v) is 10.7. The third-order valence-electron chi connectivity index (χ3n) is 4.85. The van der Waals surface area contributed by atoms with E-state index in [4.69, 9.17) is 4.74 Å². The van der Waals surface area contributed by atoms with Crippen molar-refractivity contribution in [3.63, 3.8) is 0 Å². The summed E-state index contributed by atoms with van der Waals surface area (Å²) in [5.41, 5.74) is 0.883. The molecule has 3 rings (SSSR count). The molecule has 9 heteroatoms. The number of carbonyl (C=O) groups excluding carboxylic acids is 1. The first-order valence-electron chi connectivity index (χ1n) is 10.0. The van der Waals surface area contributed by atoms with Crippen LogP contribution in [-0.2, 0) is 20.3 Å². The third kappa shape index (κ3) is 4.74. The first-order chi connectivity index (χ1) is 13.9. The summed E-state index contributed by atoms with van der Waals surface area (Å²) in [7, 11) is -3.64. The van der Waals surface area contributed by atoms with Crippen LogP contribution in [0.5, 0.6) is 0 Å². The minimum atomic E-state index is -3.64. The highest BCUT2D eigenvalue weighted by atomic mass is 32.2. The van der Waals surface area contributed by atoms with Gasteiger partial charge in [0.1, 0.15) is 5.82 Å². The number of hydrogen-bond acceptors (Lipinski definition) is 5. The lowest BCUT2D eigenvalue weighted by molar-refractivity contribution is -0.0440. The minimum Gasteiger partial charge on any atom is -0.373 e. The molecule has 0 radical (unpaired) electrons. The van der Waals surface area contributed by atoms with Crippen LogP contribution in [0.1, 0.15) is 50.7 Å². The smallest absolute Gasteiger partial charge is 0.256 e. The van der Waals surface area contributed by atoms with Crippen molar-refractivity contribution in [1.82, 2.24) is 14.1 Å². The van der Waals surface area contributed by atoms with E-state index >= 15 is 0 Å². The third-order valence-corrected chi connectivity index (χ3v) is 6.69. The van der Waals surface area contributed by atoms with E-state index < -0.39 is 10.0 Å². The largest absolute Gasteiger partial charge is 0.373 e. The molecule has 0 bridgehead atoms. The molecular formula is C21H30N4O4S. The van der Waals surface area contributed by atoms with Gasteiger partial charge in [0.25, 0.3) is 5.91 Å². The van der Waals surface area contributed by atoms with E-state index in [9.17, 15) is 13.2 Å². The molecule has 164 valence electrons. The Morgan fingerprint density at radius 3 is 2.23 bits per heavy atom. The van der Waals surface area contributed by atoms with E-state index in [2.05, 4.69) is 10.4 Å². The zero-order valence-corrected chi connectivity index (χ0v) is 19.2. The number of hydrogen-bond donors (Lipinski definition) is 1. The monoisotopic (exact) mass is 434 g/mol. The quantitative estimate of drug-likeness (QED) is 0.798. The van der Waals surface area contributed by atoms with Gasteiger partial charge in [-0.2, -0.15) is 9.40 Å². The molecule has 0 spiro atoms. The van der Waals surface area contributed by atoms with Crippen molar-refractivity contribution in [3.8, 4) is 0 Å². The zero-order valence-electron chi connectivity index (χ0n) is 18.3. The van der Waals surface area contributed by atoms with Crippen molar-refractivity contribution in [2.75, 3.05) is 18.4 Å². The molecule has 2 heterocycles. The summed E-state index contributed by atoms with van der Waals surface area (Å²) >= 11 is 0. The molecule has 30 heavy (non-hydrogen) atoms. The molecule has 2 unspecified atom stereocenters. The van der Waals surface area contributed by atoms with Crippen LogP contribution in [0, 0.1) is 6.92 Å². The summed E-state index contributed by atoms with van der Waals surface area (Å²) in [5.74, 6) is 0.274. The molecule has 1 aromatic carbocycles. The molecule has 0 saturated carbocycles. The van der Waals surface area contributed by atoms with Crippen LogP contribution in [0.3, 0.4) is 0 Å². The maximum Gasteiger partial charge on any atom is 0.256 e. The molecule has 1 aliphatic rings. The van der Waals surface area contributed by atoms with Crippen molar-refractivity contribution in [2.45, 2.75) is 64.2 Å². The molecule has 1 saturated heterocycles. The Hall–Kier alpha value is -2.23. The number of sulfonamides is 1. The summed E-state index contributed by atoms with van der Waals surface area (Å²) in [5, 5.41) is 7.32. The number of aryl methyl sites for hydroxylation is 1. The normalized spacial score (nSPS) is 20.9. The number of benzene rings is 1. The number of anilines is 1. The number of rotatable bonds is 4. The number of morpholine rings is 1. The molecule has 2 aromatic rings. The summed E-state index contributed by atoms with van der Waals surface area (Å²) in [6.45, 7) is 12.2. The van der Waals surface area contributed by atoms with E-state index in [1.54, 1.807) is 4.68 Å². The van der Waals surface area contributed by atoms with E-state index in [0.29, 0.717) is 24.5 Å². The number of ether oxygens (including phenoxy) is 1. The Morgan fingerprint density at radius 2 is 1.70 bits per heavy atom. The first-order valence-corrected chi connectivity index (χ1v) is 11.5. The molecule has 1 N–H and O–H groups in total. The Bertz CT molecular complexity index is 1010. The van der Waals surface area contributed by atoms with E-state index in [1.807, 2.05) is 47.6 Å². The number of amides is 1. The lowest BCUT2D eigenvalue weighted by Gasteiger charge is -2.34. The van der Waals surface area contributed by atoms with Crippen molar-refractivity contribution in [3.05, 3.63) is 41.6 Å². The van der Waals surface area contributed by atoms with Gasteiger partial charge in [0.05, 0.1) is 28.3 Å². The zero-order chi connectivity index (χ0) is 22.3. The number of aromatic nitrogens is 2. The highest BCUT2D eigenvalue weighted by Gasteiger charge is 2.32. The van der Waals surface area contributed by atoms with Gasteiger partial charge in [-0.15, -0.1) is 0 Å². The molecule has 0 aliphatic carbocycles. The van der Waals surface area contributed by atoms with Gasteiger partial charge in [0.2, 0.25) is 10.0 Å². The van der Waals surface area contributed by atoms with Crippen molar-refractivity contribution in [2.24, 2.45) is 0 Å².